The molecule has 0 fully saturated rings. The maximum atomic E-state index is 10.7. The van der Waals surface area contributed by atoms with Crippen molar-refractivity contribution in [1.82, 2.24) is 0 Å². The Morgan fingerprint density at radius 2 is 1.57 bits per heavy atom. The summed E-state index contributed by atoms with van der Waals surface area (Å²) < 4.78 is 10.6. The Balaban J connectivity index is 2.08. The van der Waals surface area contributed by atoms with Gasteiger partial charge in [-0.15, -0.1) is 0 Å². The molecule has 0 spiro atoms. The van der Waals surface area contributed by atoms with E-state index in [1.807, 2.05) is 24.3 Å². The number of benzene rings is 1. The van der Waals surface area contributed by atoms with Gasteiger partial charge in [-0.25, -0.2) is 0 Å². The zero-order chi connectivity index (χ0) is 15.3. The Morgan fingerprint density at radius 1 is 0.952 bits per heavy atom. The van der Waals surface area contributed by atoms with Crippen molar-refractivity contribution in [2.45, 2.75) is 65.4 Å². The van der Waals surface area contributed by atoms with E-state index < -0.39 is 0 Å². The molecule has 1 aromatic carbocycles. The van der Waals surface area contributed by atoms with Gasteiger partial charge in [-0.1, -0.05) is 57.6 Å². The summed E-state index contributed by atoms with van der Waals surface area (Å²) in [6.07, 6.45) is 9.03. The smallest absolute Gasteiger partial charge is 0.302 e. The van der Waals surface area contributed by atoms with Crippen LogP contribution in [0.4, 0.5) is 0 Å². The van der Waals surface area contributed by atoms with Gasteiger partial charge in [-0.05, 0) is 24.1 Å². The Labute approximate surface area is 128 Å². The summed E-state index contributed by atoms with van der Waals surface area (Å²) in [4.78, 5) is 10.7. The van der Waals surface area contributed by atoms with Crippen LogP contribution in [0.3, 0.4) is 0 Å². The van der Waals surface area contributed by atoms with Crippen LogP contribution in [-0.2, 0) is 16.1 Å². The highest BCUT2D eigenvalue weighted by Crippen LogP contribution is 2.14. The molecule has 21 heavy (non-hydrogen) atoms. The summed E-state index contributed by atoms with van der Waals surface area (Å²) in [7, 11) is 0. The van der Waals surface area contributed by atoms with Crippen molar-refractivity contribution in [1.29, 1.82) is 0 Å². The van der Waals surface area contributed by atoms with Gasteiger partial charge in [0.15, 0.2) is 0 Å². The van der Waals surface area contributed by atoms with Crippen molar-refractivity contribution >= 4 is 5.97 Å². The highest BCUT2D eigenvalue weighted by atomic mass is 16.5. The molecule has 0 heterocycles. The highest BCUT2D eigenvalue weighted by Gasteiger charge is 1.98. The van der Waals surface area contributed by atoms with E-state index in [9.17, 15) is 4.79 Å². The predicted molar refractivity (Wildman–Crippen MR) is 85.4 cm³/mol. The minimum Gasteiger partial charge on any atom is -0.494 e. The van der Waals surface area contributed by atoms with Crippen LogP contribution < -0.4 is 4.74 Å². The number of carbonyl (C=O) groups is 1. The van der Waals surface area contributed by atoms with Crippen molar-refractivity contribution in [2.24, 2.45) is 0 Å². The molecule has 1 aromatic rings. The second kappa shape index (κ2) is 11.2. The molecule has 0 unspecified atom stereocenters. The largest absolute Gasteiger partial charge is 0.494 e. The Bertz CT molecular complexity index is 384. The minimum atomic E-state index is -0.255. The third-order valence-electron chi connectivity index (χ3n) is 3.38. The lowest BCUT2D eigenvalue weighted by Gasteiger charge is -2.07. The molecule has 0 N–H and O–H groups in total. The molecule has 0 aliphatic carbocycles. The Hall–Kier alpha value is -1.51. The van der Waals surface area contributed by atoms with E-state index in [0.717, 1.165) is 24.3 Å². The number of esters is 1. The fourth-order valence-electron chi connectivity index (χ4n) is 2.12. The van der Waals surface area contributed by atoms with E-state index in [2.05, 4.69) is 6.92 Å². The summed E-state index contributed by atoms with van der Waals surface area (Å²) in [5.41, 5.74) is 0.980. The standard InChI is InChI=1S/C18H28O3/c1-3-4-5-6-7-8-9-14-20-18-12-10-17(11-13-18)15-21-16(2)19/h10-13H,3-9,14-15H2,1-2H3. The SMILES string of the molecule is CCCCCCCCCOc1ccc(COC(C)=O)cc1. The minimum absolute atomic E-state index is 0.255. The lowest BCUT2D eigenvalue weighted by atomic mass is 10.1. The molecular formula is C18H28O3. The summed E-state index contributed by atoms with van der Waals surface area (Å²) in [5.74, 6) is 0.627. The van der Waals surface area contributed by atoms with E-state index >= 15 is 0 Å². The van der Waals surface area contributed by atoms with Gasteiger partial charge in [-0.2, -0.15) is 0 Å². The van der Waals surface area contributed by atoms with Crippen LogP contribution >= 0.6 is 0 Å². The molecule has 0 saturated carbocycles. The molecule has 118 valence electrons. The highest BCUT2D eigenvalue weighted by molar-refractivity contribution is 5.65. The van der Waals surface area contributed by atoms with Crippen LogP contribution in [0.15, 0.2) is 24.3 Å². The van der Waals surface area contributed by atoms with Gasteiger partial charge in [0.2, 0.25) is 0 Å². The lowest BCUT2D eigenvalue weighted by molar-refractivity contribution is -0.142. The number of carbonyl (C=O) groups excluding carboxylic acids is 1. The zero-order valence-corrected chi connectivity index (χ0v) is 13.4. The summed E-state index contributed by atoms with van der Waals surface area (Å²) in [5, 5.41) is 0. The van der Waals surface area contributed by atoms with E-state index in [-0.39, 0.29) is 5.97 Å². The second-order valence-electron chi connectivity index (χ2n) is 5.39. The van der Waals surface area contributed by atoms with Crippen LogP contribution in [0, 0.1) is 0 Å². The van der Waals surface area contributed by atoms with Crippen LogP contribution in [0.5, 0.6) is 5.75 Å². The monoisotopic (exact) mass is 292 g/mol. The molecular weight excluding hydrogens is 264 g/mol. The van der Waals surface area contributed by atoms with Gasteiger partial charge < -0.3 is 9.47 Å². The van der Waals surface area contributed by atoms with Crippen LogP contribution in [0.1, 0.15) is 64.4 Å². The molecule has 0 amide bonds. The molecule has 0 aromatic heterocycles. The Kier molecular flexibility index (Phi) is 9.34. The first kappa shape index (κ1) is 17.5. The van der Waals surface area contributed by atoms with Crippen molar-refractivity contribution in [3.8, 4) is 5.75 Å². The molecule has 0 aliphatic heterocycles. The van der Waals surface area contributed by atoms with Gasteiger partial charge in [0.05, 0.1) is 6.61 Å². The molecule has 0 saturated heterocycles. The van der Waals surface area contributed by atoms with E-state index in [0.29, 0.717) is 6.61 Å². The van der Waals surface area contributed by atoms with Gasteiger partial charge in [0, 0.05) is 6.92 Å². The van der Waals surface area contributed by atoms with E-state index in [1.165, 1.54) is 45.4 Å². The Morgan fingerprint density at radius 3 is 2.19 bits per heavy atom. The normalized spacial score (nSPS) is 10.4. The maximum absolute atomic E-state index is 10.7. The van der Waals surface area contributed by atoms with Crippen LogP contribution in [0.2, 0.25) is 0 Å². The van der Waals surface area contributed by atoms with Crippen molar-refractivity contribution in [2.75, 3.05) is 6.61 Å². The first-order valence-corrected chi connectivity index (χ1v) is 8.07. The summed E-state index contributed by atoms with van der Waals surface area (Å²) in [6, 6.07) is 7.73. The average Bonchev–Trinajstić information content (AvgIpc) is 2.49. The molecule has 0 bridgehead atoms. The van der Waals surface area contributed by atoms with E-state index in [1.54, 1.807) is 0 Å². The van der Waals surface area contributed by atoms with Gasteiger partial charge >= 0.3 is 5.97 Å². The molecule has 0 aliphatic rings. The molecule has 1 rings (SSSR count). The maximum Gasteiger partial charge on any atom is 0.302 e. The van der Waals surface area contributed by atoms with Crippen molar-refractivity contribution in [3.63, 3.8) is 0 Å². The fraction of sp³-hybridized carbons (Fsp3) is 0.611. The first-order valence-electron chi connectivity index (χ1n) is 8.07. The third-order valence-corrected chi connectivity index (χ3v) is 3.38. The number of ether oxygens (including phenoxy) is 2. The molecule has 0 radical (unpaired) electrons. The topological polar surface area (TPSA) is 35.5 Å². The van der Waals surface area contributed by atoms with Gasteiger partial charge in [0.25, 0.3) is 0 Å². The average molecular weight is 292 g/mol. The molecule has 3 nitrogen and oxygen atoms in total. The van der Waals surface area contributed by atoms with E-state index in [4.69, 9.17) is 9.47 Å². The number of hydrogen-bond acceptors (Lipinski definition) is 3. The quantitative estimate of drug-likeness (QED) is 0.431. The van der Waals surface area contributed by atoms with Crippen LogP contribution in [-0.4, -0.2) is 12.6 Å². The zero-order valence-electron chi connectivity index (χ0n) is 13.4. The van der Waals surface area contributed by atoms with Crippen molar-refractivity contribution < 1.29 is 14.3 Å². The predicted octanol–water partition coefficient (Wildman–Crippen LogP) is 4.88. The number of unbranched alkanes of at least 4 members (excludes halogenated alkanes) is 6. The lowest BCUT2D eigenvalue weighted by Crippen LogP contribution is -2.00. The third kappa shape index (κ3) is 9.11. The second-order valence-corrected chi connectivity index (χ2v) is 5.39. The van der Waals surface area contributed by atoms with Gasteiger partial charge in [0.1, 0.15) is 12.4 Å². The number of hydrogen-bond donors (Lipinski definition) is 0. The molecule has 0 atom stereocenters. The molecule has 3 heteroatoms. The fourth-order valence-corrected chi connectivity index (χ4v) is 2.12. The number of rotatable bonds is 11. The van der Waals surface area contributed by atoms with Gasteiger partial charge in [-0.3, -0.25) is 4.79 Å². The summed E-state index contributed by atoms with van der Waals surface area (Å²) in [6.45, 7) is 4.76. The first-order chi connectivity index (χ1) is 10.2. The van der Waals surface area contributed by atoms with Crippen LogP contribution in [0.25, 0.3) is 0 Å². The summed E-state index contributed by atoms with van der Waals surface area (Å²) >= 11 is 0. The van der Waals surface area contributed by atoms with Crippen molar-refractivity contribution in [3.05, 3.63) is 29.8 Å².